The van der Waals surface area contributed by atoms with E-state index >= 15 is 0 Å². The molecule has 1 heterocycles. The number of aryl methyl sites for hydroxylation is 1. The van der Waals surface area contributed by atoms with Gasteiger partial charge in [-0.25, -0.2) is 4.79 Å². The van der Waals surface area contributed by atoms with Crippen LogP contribution in [0.4, 0.5) is 21.9 Å². The number of hydrogen-bond donors (Lipinski definition) is 3. The third kappa shape index (κ3) is 5.50. The first kappa shape index (κ1) is 20.7. The van der Waals surface area contributed by atoms with Crippen LogP contribution in [0.1, 0.15) is 48.5 Å². The molecule has 154 valence electrons. The summed E-state index contributed by atoms with van der Waals surface area (Å²) in [4.78, 5) is 27.5. The molecule has 1 aliphatic rings. The van der Waals surface area contributed by atoms with Crippen molar-refractivity contribution in [1.82, 2.24) is 5.32 Å². The van der Waals surface area contributed by atoms with Crippen LogP contribution >= 0.6 is 0 Å². The molecule has 3 amide bonds. The first-order chi connectivity index (χ1) is 14.1. The molecular weight excluding hydrogens is 364 g/mol. The second-order valence-electron chi connectivity index (χ2n) is 7.43. The van der Waals surface area contributed by atoms with E-state index in [4.69, 9.17) is 0 Å². The molecule has 2 aromatic rings. The minimum atomic E-state index is -0.329. The van der Waals surface area contributed by atoms with Crippen LogP contribution in [0.3, 0.4) is 0 Å². The van der Waals surface area contributed by atoms with Crippen molar-refractivity contribution >= 4 is 29.0 Å². The van der Waals surface area contributed by atoms with Gasteiger partial charge < -0.3 is 20.9 Å². The summed E-state index contributed by atoms with van der Waals surface area (Å²) in [5.74, 6) is -0.101. The van der Waals surface area contributed by atoms with Crippen LogP contribution < -0.4 is 20.9 Å². The van der Waals surface area contributed by atoms with Gasteiger partial charge in [-0.3, -0.25) is 4.79 Å². The molecule has 0 aromatic heterocycles. The molecular formula is C23H30N4O2. The molecule has 6 heteroatoms. The van der Waals surface area contributed by atoms with Crippen molar-refractivity contribution in [2.75, 3.05) is 35.2 Å². The number of anilines is 3. The zero-order valence-electron chi connectivity index (χ0n) is 17.3. The van der Waals surface area contributed by atoms with E-state index in [-0.39, 0.29) is 11.9 Å². The van der Waals surface area contributed by atoms with Gasteiger partial charge in [0, 0.05) is 36.7 Å². The summed E-state index contributed by atoms with van der Waals surface area (Å²) in [6.07, 6.45) is 4.37. The maximum atomic E-state index is 12.8. The quantitative estimate of drug-likeness (QED) is 0.661. The van der Waals surface area contributed by atoms with E-state index in [1.54, 1.807) is 6.07 Å². The Morgan fingerprint density at radius 3 is 2.48 bits per heavy atom. The zero-order valence-corrected chi connectivity index (χ0v) is 17.3. The lowest BCUT2D eigenvalue weighted by atomic mass is 10.1. The highest BCUT2D eigenvalue weighted by atomic mass is 16.2. The highest BCUT2D eigenvalue weighted by molar-refractivity contribution is 6.04. The molecule has 3 rings (SSSR count). The highest BCUT2D eigenvalue weighted by Gasteiger charge is 2.19. The van der Waals surface area contributed by atoms with E-state index in [0.29, 0.717) is 17.8 Å². The van der Waals surface area contributed by atoms with Crippen LogP contribution in [0, 0.1) is 6.92 Å². The van der Waals surface area contributed by atoms with E-state index in [2.05, 4.69) is 20.9 Å². The third-order valence-corrected chi connectivity index (χ3v) is 5.12. The van der Waals surface area contributed by atoms with E-state index < -0.39 is 0 Å². The molecule has 2 aromatic carbocycles. The first-order valence-electron chi connectivity index (χ1n) is 10.4. The first-order valence-corrected chi connectivity index (χ1v) is 10.4. The van der Waals surface area contributed by atoms with Crippen LogP contribution in [0.25, 0.3) is 0 Å². The van der Waals surface area contributed by atoms with Gasteiger partial charge in [0.2, 0.25) is 0 Å². The topological polar surface area (TPSA) is 73.5 Å². The number of amides is 3. The largest absolute Gasteiger partial charge is 0.371 e. The Balaban J connectivity index is 1.79. The Kier molecular flexibility index (Phi) is 7.11. The van der Waals surface area contributed by atoms with Gasteiger partial charge in [0.25, 0.3) is 5.91 Å². The lowest BCUT2D eigenvalue weighted by Crippen LogP contribution is -2.33. The van der Waals surface area contributed by atoms with Crippen molar-refractivity contribution in [3.8, 4) is 0 Å². The van der Waals surface area contributed by atoms with Crippen molar-refractivity contribution in [3.05, 3.63) is 53.6 Å². The molecule has 0 bridgehead atoms. The molecule has 0 unspecified atom stereocenters. The Morgan fingerprint density at radius 2 is 1.76 bits per heavy atom. The monoisotopic (exact) mass is 394 g/mol. The van der Waals surface area contributed by atoms with Crippen LogP contribution in [0.15, 0.2) is 42.5 Å². The van der Waals surface area contributed by atoms with Crippen molar-refractivity contribution in [2.24, 2.45) is 0 Å². The second kappa shape index (κ2) is 9.96. The number of piperidine rings is 1. The summed E-state index contributed by atoms with van der Waals surface area (Å²) in [5, 5.41) is 8.67. The SMILES string of the molecule is CCCNC(=O)c1cc(NC(=O)Nc2ccccc2C)ccc1N1CCCCC1. The predicted octanol–water partition coefficient (Wildman–Crippen LogP) is 4.77. The van der Waals surface area contributed by atoms with Crippen molar-refractivity contribution in [1.29, 1.82) is 0 Å². The molecule has 0 saturated carbocycles. The van der Waals surface area contributed by atoms with E-state index in [0.717, 1.165) is 49.3 Å². The average Bonchev–Trinajstić information content (AvgIpc) is 2.74. The summed E-state index contributed by atoms with van der Waals surface area (Å²) in [7, 11) is 0. The van der Waals surface area contributed by atoms with Crippen LogP contribution in [0.2, 0.25) is 0 Å². The third-order valence-electron chi connectivity index (χ3n) is 5.12. The average molecular weight is 395 g/mol. The number of hydrogen-bond acceptors (Lipinski definition) is 3. The Labute approximate surface area is 172 Å². The maximum Gasteiger partial charge on any atom is 0.323 e. The molecule has 1 aliphatic heterocycles. The fourth-order valence-electron chi connectivity index (χ4n) is 3.54. The zero-order chi connectivity index (χ0) is 20.6. The Bertz CT molecular complexity index is 860. The van der Waals surface area contributed by atoms with Crippen LogP contribution in [-0.2, 0) is 0 Å². The Morgan fingerprint density at radius 1 is 1.00 bits per heavy atom. The minimum absolute atomic E-state index is 0.101. The second-order valence-corrected chi connectivity index (χ2v) is 7.43. The smallest absolute Gasteiger partial charge is 0.323 e. The van der Waals surface area contributed by atoms with Crippen LogP contribution in [0.5, 0.6) is 0 Å². The number of para-hydroxylation sites is 1. The lowest BCUT2D eigenvalue weighted by molar-refractivity contribution is 0.0954. The summed E-state index contributed by atoms with van der Waals surface area (Å²) in [6, 6.07) is 12.9. The van der Waals surface area contributed by atoms with Gasteiger partial charge in [-0.05, 0) is 62.4 Å². The number of carbonyl (C=O) groups is 2. The van der Waals surface area contributed by atoms with Crippen molar-refractivity contribution < 1.29 is 9.59 Å². The molecule has 29 heavy (non-hydrogen) atoms. The molecule has 0 atom stereocenters. The number of nitrogens with zero attached hydrogens (tertiary/aromatic N) is 1. The van der Waals surface area contributed by atoms with Crippen molar-refractivity contribution in [2.45, 2.75) is 39.5 Å². The summed E-state index contributed by atoms with van der Waals surface area (Å²) < 4.78 is 0. The molecule has 0 spiro atoms. The summed E-state index contributed by atoms with van der Waals surface area (Å²) in [6.45, 7) is 6.51. The number of benzene rings is 2. The minimum Gasteiger partial charge on any atom is -0.371 e. The number of carbonyl (C=O) groups excluding carboxylic acids is 2. The van der Waals surface area contributed by atoms with E-state index in [1.165, 1.54) is 6.42 Å². The number of nitrogens with one attached hydrogen (secondary N) is 3. The number of rotatable bonds is 6. The fourth-order valence-corrected chi connectivity index (χ4v) is 3.54. The molecule has 1 fully saturated rings. The van der Waals surface area contributed by atoms with Gasteiger partial charge in [0.05, 0.1) is 5.56 Å². The molecule has 0 aliphatic carbocycles. The highest BCUT2D eigenvalue weighted by Crippen LogP contribution is 2.27. The maximum absolute atomic E-state index is 12.8. The molecule has 0 radical (unpaired) electrons. The van der Waals surface area contributed by atoms with Gasteiger partial charge in [-0.1, -0.05) is 25.1 Å². The molecule has 6 nitrogen and oxygen atoms in total. The van der Waals surface area contributed by atoms with Crippen LogP contribution in [-0.4, -0.2) is 31.6 Å². The van der Waals surface area contributed by atoms with Gasteiger partial charge in [0.15, 0.2) is 0 Å². The predicted molar refractivity (Wildman–Crippen MR) is 119 cm³/mol. The normalized spacial score (nSPS) is 13.7. The van der Waals surface area contributed by atoms with E-state index in [9.17, 15) is 9.59 Å². The van der Waals surface area contributed by atoms with Gasteiger partial charge in [-0.2, -0.15) is 0 Å². The van der Waals surface area contributed by atoms with Gasteiger partial charge in [-0.15, -0.1) is 0 Å². The summed E-state index contributed by atoms with van der Waals surface area (Å²) >= 11 is 0. The van der Waals surface area contributed by atoms with Crippen molar-refractivity contribution in [3.63, 3.8) is 0 Å². The van der Waals surface area contributed by atoms with Gasteiger partial charge >= 0.3 is 6.03 Å². The Hall–Kier alpha value is -3.02. The standard InChI is InChI=1S/C23H30N4O2/c1-3-13-24-22(28)19-16-18(11-12-21(19)27-14-7-4-8-15-27)25-23(29)26-20-10-6-5-9-17(20)2/h5-6,9-12,16H,3-4,7-8,13-15H2,1-2H3,(H,24,28)(H2,25,26,29). The van der Waals surface area contributed by atoms with Gasteiger partial charge in [0.1, 0.15) is 0 Å². The molecule has 3 N–H and O–H groups in total. The number of urea groups is 1. The lowest BCUT2D eigenvalue weighted by Gasteiger charge is -2.30. The summed E-state index contributed by atoms with van der Waals surface area (Å²) in [5.41, 5.74) is 3.88. The fraction of sp³-hybridized carbons (Fsp3) is 0.391. The van der Waals surface area contributed by atoms with E-state index in [1.807, 2.05) is 50.2 Å². The molecule has 1 saturated heterocycles.